The van der Waals surface area contributed by atoms with Crippen molar-refractivity contribution in [2.45, 2.75) is 18.7 Å². The minimum absolute atomic E-state index is 0.167. The number of aliphatic carboxylic acids is 1. The van der Waals surface area contributed by atoms with Gasteiger partial charge in [-0.2, -0.15) is 0 Å². The summed E-state index contributed by atoms with van der Waals surface area (Å²) in [6.45, 7) is 2.86. The minimum Gasteiger partial charge on any atom is -0.480 e. The van der Waals surface area contributed by atoms with Crippen LogP contribution < -0.4 is 4.31 Å². The zero-order valence-electron chi connectivity index (χ0n) is 12.7. The topological polar surface area (TPSA) is 74.7 Å². The number of sulfonamides is 1. The zero-order valence-corrected chi connectivity index (χ0v) is 13.5. The highest BCUT2D eigenvalue weighted by Crippen LogP contribution is 2.25. The minimum atomic E-state index is -4.11. The molecule has 0 spiro atoms. The van der Waals surface area contributed by atoms with Gasteiger partial charge in [0.2, 0.25) is 0 Å². The molecule has 23 heavy (non-hydrogen) atoms. The molecule has 5 nitrogen and oxygen atoms in total. The lowest BCUT2D eigenvalue weighted by Gasteiger charge is -2.23. The Labute approximate surface area is 134 Å². The molecule has 2 aromatic rings. The van der Waals surface area contributed by atoms with E-state index in [2.05, 4.69) is 0 Å². The van der Waals surface area contributed by atoms with Crippen LogP contribution in [0.2, 0.25) is 0 Å². The van der Waals surface area contributed by atoms with E-state index in [0.717, 1.165) is 39.7 Å². The van der Waals surface area contributed by atoms with Crippen molar-refractivity contribution in [3.63, 3.8) is 0 Å². The first kappa shape index (κ1) is 17.0. The predicted octanol–water partition coefficient (Wildman–Crippen LogP) is 2.72. The molecule has 0 aromatic heterocycles. The Hall–Kier alpha value is -2.41. The van der Waals surface area contributed by atoms with Gasteiger partial charge in [-0.25, -0.2) is 12.8 Å². The third kappa shape index (κ3) is 3.87. The third-order valence-corrected chi connectivity index (χ3v) is 4.96. The second kappa shape index (κ2) is 6.37. The van der Waals surface area contributed by atoms with Crippen LogP contribution in [0.25, 0.3) is 0 Å². The summed E-state index contributed by atoms with van der Waals surface area (Å²) in [5, 5.41) is 9.07. The maximum Gasteiger partial charge on any atom is 0.324 e. The highest BCUT2D eigenvalue weighted by atomic mass is 32.2. The number of anilines is 1. The van der Waals surface area contributed by atoms with Gasteiger partial charge < -0.3 is 5.11 Å². The molecule has 0 radical (unpaired) electrons. The first-order valence-corrected chi connectivity index (χ1v) is 8.22. The monoisotopic (exact) mass is 337 g/mol. The number of carbonyl (C=O) groups is 1. The third-order valence-electron chi connectivity index (χ3n) is 3.17. The van der Waals surface area contributed by atoms with Crippen LogP contribution in [-0.2, 0) is 14.8 Å². The van der Waals surface area contributed by atoms with Gasteiger partial charge in [0.25, 0.3) is 10.0 Å². The summed E-state index contributed by atoms with van der Waals surface area (Å²) < 4.78 is 39.3. The molecular weight excluding hydrogens is 321 g/mol. The Balaban J connectivity index is 2.57. The van der Waals surface area contributed by atoms with Crippen molar-refractivity contribution >= 4 is 21.7 Å². The number of carboxylic acids is 1. The molecule has 0 fully saturated rings. The molecule has 0 aliphatic heterocycles. The van der Waals surface area contributed by atoms with Crippen molar-refractivity contribution < 1.29 is 22.7 Å². The van der Waals surface area contributed by atoms with E-state index in [-0.39, 0.29) is 10.6 Å². The van der Waals surface area contributed by atoms with Gasteiger partial charge in [-0.3, -0.25) is 9.10 Å². The Bertz CT molecular complexity index is 811. The highest BCUT2D eigenvalue weighted by molar-refractivity contribution is 7.92. The fraction of sp³-hybridized carbons (Fsp3) is 0.188. The van der Waals surface area contributed by atoms with E-state index in [1.807, 2.05) is 6.07 Å². The molecular formula is C16H16FNO4S. The van der Waals surface area contributed by atoms with E-state index in [9.17, 15) is 17.6 Å². The fourth-order valence-electron chi connectivity index (χ4n) is 2.27. The maximum absolute atomic E-state index is 13.0. The average Bonchev–Trinajstić information content (AvgIpc) is 2.43. The maximum atomic E-state index is 13.0. The lowest BCUT2D eigenvalue weighted by atomic mass is 10.1. The summed E-state index contributed by atoms with van der Waals surface area (Å²) in [6.07, 6.45) is 0. The molecule has 0 saturated heterocycles. The number of nitrogens with zero attached hydrogens (tertiary/aromatic N) is 1. The van der Waals surface area contributed by atoms with Crippen LogP contribution in [-0.4, -0.2) is 26.0 Å². The van der Waals surface area contributed by atoms with Crippen molar-refractivity contribution in [3.05, 3.63) is 59.4 Å². The SMILES string of the molecule is Cc1cc(C)cc(N(CC(=O)O)S(=O)(=O)c2ccc(F)cc2)c1. The van der Waals surface area contributed by atoms with Crippen LogP contribution in [0.4, 0.5) is 10.1 Å². The zero-order chi connectivity index (χ0) is 17.2. The summed E-state index contributed by atoms with van der Waals surface area (Å²) in [7, 11) is -4.11. The van der Waals surface area contributed by atoms with Crippen LogP contribution in [0.1, 0.15) is 11.1 Å². The van der Waals surface area contributed by atoms with Crippen LogP contribution in [0.15, 0.2) is 47.4 Å². The molecule has 2 rings (SSSR count). The standard InChI is InChI=1S/C16H16FNO4S/c1-11-7-12(2)9-14(8-11)18(10-16(19)20)23(21,22)15-5-3-13(17)4-6-15/h3-9H,10H2,1-2H3,(H,19,20). The van der Waals surface area contributed by atoms with Crippen LogP contribution >= 0.6 is 0 Å². The number of hydrogen-bond donors (Lipinski definition) is 1. The van der Waals surface area contributed by atoms with E-state index < -0.39 is 28.4 Å². The van der Waals surface area contributed by atoms with Crippen molar-refractivity contribution in [2.24, 2.45) is 0 Å². The van der Waals surface area contributed by atoms with Gasteiger partial charge in [0.15, 0.2) is 0 Å². The lowest BCUT2D eigenvalue weighted by molar-refractivity contribution is -0.135. The summed E-state index contributed by atoms with van der Waals surface area (Å²) in [5.41, 5.74) is 1.88. The molecule has 0 amide bonds. The van der Waals surface area contributed by atoms with E-state index in [1.54, 1.807) is 26.0 Å². The largest absolute Gasteiger partial charge is 0.480 e. The van der Waals surface area contributed by atoms with Gasteiger partial charge in [0, 0.05) is 0 Å². The molecule has 0 aliphatic carbocycles. The first-order chi connectivity index (χ1) is 10.7. The number of aryl methyl sites for hydroxylation is 2. The van der Waals surface area contributed by atoms with Gasteiger partial charge in [-0.1, -0.05) is 6.07 Å². The van der Waals surface area contributed by atoms with E-state index in [0.29, 0.717) is 0 Å². The summed E-state index contributed by atoms with van der Waals surface area (Å²) in [6, 6.07) is 9.31. The number of hydrogen-bond acceptors (Lipinski definition) is 3. The predicted molar refractivity (Wildman–Crippen MR) is 84.5 cm³/mol. The Kier molecular flexibility index (Phi) is 4.70. The second-order valence-electron chi connectivity index (χ2n) is 5.21. The molecule has 7 heteroatoms. The van der Waals surface area contributed by atoms with Crippen LogP contribution in [0.5, 0.6) is 0 Å². The van der Waals surface area contributed by atoms with Crippen LogP contribution in [0, 0.1) is 19.7 Å². The molecule has 1 N–H and O–H groups in total. The summed E-state index contributed by atoms with van der Waals surface area (Å²) in [5.74, 6) is -1.85. The van der Waals surface area contributed by atoms with Gasteiger partial charge in [-0.05, 0) is 61.4 Å². The molecule has 0 atom stereocenters. The molecule has 0 aliphatic rings. The van der Waals surface area contributed by atoms with Gasteiger partial charge >= 0.3 is 5.97 Å². The Morgan fingerprint density at radius 1 is 1.09 bits per heavy atom. The number of halogens is 1. The fourth-order valence-corrected chi connectivity index (χ4v) is 3.66. The second-order valence-corrected chi connectivity index (χ2v) is 7.07. The smallest absolute Gasteiger partial charge is 0.324 e. The van der Waals surface area contributed by atoms with E-state index in [1.165, 1.54) is 0 Å². The Morgan fingerprint density at radius 3 is 2.09 bits per heavy atom. The molecule has 0 unspecified atom stereocenters. The van der Waals surface area contributed by atoms with Gasteiger partial charge in [0.1, 0.15) is 12.4 Å². The number of benzene rings is 2. The number of rotatable bonds is 5. The van der Waals surface area contributed by atoms with Crippen LogP contribution in [0.3, 0.4) is 0 Å². The van der Waals surface area contributed by atoms with Crippen molar-refractivity contribution in [3.8, 4) is 0 Å². The quantitative estimate of drug-likeness (QED) is 0.910. The molecule has 0 heterocycles. The van der Waals surface area contributed by atoms with Crippen molar-refractivity contribution in [2.75, 3.05) is 10.8 Å². The summed E-state index contributed by atoms with van der Waals surface area (Å²) in [4.78, 5) is 11.0. The van der Waals surface area contributed by atoms with E-state index in [4.69, 9.17) is 5.11 Å². The highest BCUT2D eigenvalue weighted by Gasteiger charge is 2.27. The number of carboxylic acid groups (broad SMARTS) is 1. The first-order valence-electron chi connectivity index (χ1n) is 6.78. The molecule has 0 saturated carbocycles. The molecule has 0 bridgehead atoms. The van der Waals surface area contributed by atoms with E-state index >= 15 is 0 Å². The average molecular weight is 337 g/mol. The molecule has 2 aromatic carbocycles. The Morgan fingerprint density at radius 2 is 1.61 bits per heavy atom. The van der Waals surface area contributed by atoms with Gasteiger partial charge in [-0.15, -0.1) is 0 Å². The molecule has 122 valence electrons. The van der Waals surface area contributed by atoms with Gasteiger partial charge in [0.05, 0.1) is 10.6 Å². The van der Waals surface area contributed by atoms with Crippen molar-refractivity contribution in [1.82, 2.24) is 0 Å². The summed E-state index contributed by atoms with van der Waals surface area (Å²) >= 11 is 0. The normalized spacial score (nSPS) is 11.3. The van der Waals surface area contributed by atoms with Crippen molar-refractivity contribution in [1.29, 1.82) is 0 Å². The lowest BCUT2D eigenvalue weighted by Crippen LogP contribution is -2.35.